The van der Waals surface area contributed by atoms with Crippen LogP contribution >= 0.6 is 23.4 Å². The summed E-state index contributed by atoms with van der Waals surface area (Å²) in [5.74, 6) is 0.448. The van der Waals surface area contributed by atoms with Crippen LogP contribution in [-0.2, 0) is 11.8 Å². The number of aromatic nitrogens is 3. The number of thioether (sulfide) groups is 1. The highest BCUT2D eigenvalue weighted by atomic mass is 35.5. The fourth-order valence-electron chi connectivity index (χ4n) is 2.74. The van der Waals surface area contributed by atoms with Crippen LogP contribution in [0.1, 0.15) is 34.7 Å². The molecule has 3 aromatic rings. The number of carbonyl (C=O) groups excluding carboxylic acids is 2. The predicted octanol–water partition coefficient (Wildman–Crippen LogP) is 4.00. The molecule has 7 nitrogen and oxygen atoms in total. The highest BCUT2D eigenvalue weighted by molar-refractivity contribution is 7.99. The second kappa shape index (κ2) is 9.77. The van der Waals surface area contributed by atoms with Gasteiger partial charge in [0.1, 0.15) is 0 Å². The Kier molecular flexibility index (Phi) is 7.12. The lowest BCUT2D eigenvalue weighted by atomic mass is 10.1. The first-order valence-corrected chi connectivity index (χ1v) is 10.6. The molecule has 0 unspecified atom stereocenters. The molecule has 0 bridgehead atoms. The van der Waals surface area contributed by atoms with Gasteiger partial charge in [-0.1, -0.05) is 41.1 Å². The number of nitrogens with zero attached hydrogens (tertiary/aromatic N) is 3. The lowest BCUT2D eigenvalue weighted by molar-refractivity contribution is -0.113. The van der Waals surface area contributed by atoms with Gasteiger partial charge in [0.15, 0.2) is 11.0 Å². The van der Waals surface area contributed by atoms with Crippen molar-refractivity contribution in [2.75, 3.05) is 11.1 Å². The molecule has 0 radical (unpaired) electrons. The van der Waals surface area contributed by atoms with Crippen molar-refractivity contribution in [3.05, 3.63) is 70.5 Å². The maximum absolute atomic E-state index is 12.4. The summed E-state index contributed by atoms with van der Waals surface area (Å²) in [6.07, 6.45) is 0. The summed E-state index contributed by atoms with van der Waals surface area (Å²) in [5, 5.41) is 15.3. The van der Waals surface area contributed by atoms with E-state index in [-0.39, 0.29) is 23.6 Å². The zero-order valence-electron chi connectivity index (χ0n) is 16.8. The van der Waals surface area contributed by atoms with Gasteiger partial charge in [-0.15, -0.1) is 10.2 Å². The Hall–Kier alpha value is -2.84. The predicted molar refractivity (Wildman–Crippen MR) is 119 cm³/mol. The average Bonchev–Trinajstić information content (AvgIpc) is 3.09. The fourth-order valence-corrected chi connectivity index (χ4v) is 3.58. The van der Waals surface area contributed by atoms with Crippen LogP contribution in [0.2, 0.25) is 5.02 Å². The SMILES string of the molecule is Cc1ccc(C(=O)N[C@H](C)c2nnc(SCC(=O)Nc3ccc(Cl)cc3)n2C)cc1. The quantitative estimate of drug-likeness (QED) is 0.539. The number of nitrogens with one attached hydrogen (secondary N) is 2. The molecule has 0 fully saturated rings. The Balaban J connectivity index is 1.56. The first kappa shape index (κ1) is 21.9. The number of hydrogen-bond donors (Lipinski definition) is 2. The van der Waals surface area contributed by atoms with Crippen molar-refractivity contribution in [1.29, 1.82) is 0 Å². The summed E-state index contributed by atoms with van der Waals surface area (Å²) in [6.45, 7) is 3.82. The molecule has 0 saturated heterocycles. The Bertz CT molecular complexity index is 1030. The van der Waals surface area contributed by atoms with Gasteiger partial charge in [-0.3, -0.25) is 9.59 Å². The largest absolute Gasteiger partial charge is 0.342 e. The number of amides is 2. The van der Waals surface area contributed by atoms with E-state index in [1.807, 2.05) is 33.0 Å². The number of aryl methyl sites for hydroxylation is 1. The van der Waals surface area contributed by atoms with Crippen LogP contribution < -0.4 is 10.6 Å². The van der Waals surface area contributed by atoms with E-state index in [4.69, 9.17) is 11.6 Å². The van der Waals surface area contributed by atoms with Gasteiger partial charge >= 0.3 is 0 Å². The van der Waals surface area contributed by atoms with Gasteiger partial charge in [0, 0.05) is 23.3 Å². The first-order valence-electron chi connectivity index (χ1n) is 9.28. The summed E-state index contributed by atoms with van der Waals surface area (Å²) in [7, 11) is 1.81. The average molecular weight is 444 g/mol. The summed E-state index contributed by atoms with van der Waals surface area (Å²) >= 11 is 7.12. The van der Waals surface area contributed by atoms with E-state index in [0.717, 1.165) is 5.56 Å². The molecule has 1 atom stereocenters. The van der Waals surface area contributed by atoms with Gasteiger partial charge in [0.05, 0.1) is 11.8 Å². The van der Waals surface area contributed by atoms with Crippen molar-refractivity contribution in [3.63, 3.8) is 0 Å². The Labute approximate surface area is 184 Å². The van der Waals surface area contributed by atoms with E-state index in [2.05, 4.69) is 20.8 Å². The van der Waals surface area contributed by atoms with E-state index < -0.39 is 0 Å². The van der Waals surface area contributed by atoms with Crippen molar-refractivity contribution in [1.82, 2.24) is 20.1 Å². The van der Waals surface area contributed by atoms with Gasteiger partial charge in [0.2, 0.25) is 5.91 Å². The van der Waals surface area contributed by atoms with Gasteiger partial charge < -0.3 is 15.2 Å². The molecule has 0 aliphatic rings. The molecule has 0 spiro atoms. The van der Waals surface area contributed by atoms with Crippen molar-refractivity contribution >= 4 is 40.9 Å². The number of benzene rings is 2. The topological polar surface area (TPSA) is 88.9 Å². The standard InChI is InChI=1S/C21H22ClN5O2S/c1-13-4-6-15(7-5-13)20(29)23-14(2)19-25-26-21(27(19)3)30-12-18(28)24-17-10-8-16(22)9-11-17/h4-11,14H,12H2,1-3H3,(H,23,29)(H,24,28)/t14-/m1/s1. The second-order valence-corrected chi connectivity index (χ2v) is 8.18. The molecule has 1 heterocycles. The molecule has 0 aliphatic carbocycles. The summed E-state index contributed by atoms with van der Waals surface area (Å²) in [6, 6.07) is 13.9. The monoisotopic (exact) mass is 443 g/mol. The molecule has 2 aromatic carbocycles. The number of hydrogen-bond acceptors (Lipinski definition) is 5. The third-order valence-corrected chi connectivity index (χ3v) is 5.65. The Morgan fingerprint density at radius 1 is 1.10 bits per heavy atom. The van der Waals surface area contributed by atoms with Crippen molar-refractivity contribution in [2.24, 2.45) is 7.05 Å². The normalized spacial score (nSPS) is 11.7. The molecular weight excluding hydrogens is 422 g/mol. The molecule has 1 aromatic heterocycles. The van der Waals surface area contributed by atoms with Crippen molar-refractivity contribution < 1.29 is 9.59 Å². The molecule has 9 heteroatoms. The second-order valence-electron chi connectivity index (χ2n) is 6.80. The summed E-state index contributed by atoms with van der Waals surface area (Å²) in [5.41, 5.74) is 2.36. The molecular formula is C21H22ClN5O2S. The van der Waals surface area contributed by atoms with Gasteiger partial charge in [-0.2, -0.15) is 0 Å². The Morgan fingerprint density at radius 2 is 1.77 bits per heavy atom. The molecule has 2 N–H and O–H groups in total. The van der Waals surface area contributed by atoms with Crippen LogP contribution in [0.3, 0.4) is 0 Å². The highest BCUT2D eigenvalue weighted by Crippen LogP contribution is 2.20. The third-order valence-electron chi connectivity index (χ3n) is 4.38. The number of carbonyl (C=O) groups is 2. The first-order chi connectivity index (χ1) is 14.3. The van der Waals surface area contributed by atoms with E-state index in [0.29, 0.717) is 27.3 Å². The van der Waals surface area contributed by atoms with Crippen LogP contribution in [0.25, 0.3) is 0 Å². The lowest BCUT2D eigenvalue weighted by Gasteiger charge is -2.13. The van der Waals surface area contributed by atoms with E-state index >= 15 is 0 Å². The molecule has 3 rings (SSSR count). The molecule has 0 aliphatic heterocycles. The molecule has 30 heavy (non-hydrogen) atoms. The Morgan fingerprint density at radius 3 is 2.43 bits per heavy atom. The fraction of sp³-hybridized carbons (Fsp3) is 0.238. The van der Waals surface area contributed by atoms with Gasteiger partial charge in [0.25, 0.3) is 5.91 Å². The van der Waals surface area contributed by atoms with Crippen LogP contribution in [0, 0.1) is 6.92 Å². The molecule has 0 saturated carbocycles. The number of halogens is 1. The maximum atomic E-state index is 12.4. The number of rotatable bonds is 7. The van der Waals surface area contributed by atoms with Crippen LogP contribution in [0.15, 0.2) is 53.7 Å². The zero-order valence-corrected chi connectivity index (χ0v) is 18.4. The van der Waals surface area contributed by atoms with Gasteiger partial charge in [-0.05, 0) is 50.2 Å². The van der Waals surface area contributed by atoms with Crippen molar-refractivity contribution in [3.8, 4) is 0 Å². The minimum Gasteiger partial charge on any atom is -0.342 e. The maximum Gasteiger partial charge on any atom is 0.251 e. The van der Waals surface area contributed by atoms with Crippen LogP contribution in [-0.4, -0.2) is 32.3 Å². The van der Waals surface area contributed by atoms with E-state index in [9.17, 15) is 9.59 Å². The zero-order chi connectivity index (χ0) is 21.7. The van der Waals surface area contributed by atoms with E-state index in [1.165, 1.54) is 11.8 Å². The summed E-state index contributed by atoms with van der Waals surface area (Å²) < 4.78 is 1.78. The summed E-state index contributed by atoms with van der Waals surface area (Å²) in [4.78, 5) is 24.6. The molecule has 156 valence electrons. The molecule has 2 amide bonds. The van der Waals surface area contributed by atoms with E-state index in [1.54, 1.807) is 41.0 Å². The van der Waals surface area contributed by atoms with Gasteiger partial charge in [-0.25, -0.2) is 0 Å². The van der Waals surface area contributed by atoms with Crippen molar-refractivity contribution in [2.45, 2.75) is 25.0 Å². The lowest BCUT2D eigenvalue weighted by Crippen LogP contribution is -2.28. The minimum absolute atomic E-state index is 0.160. The number of anilines is 1. The van der Waals surface area contributed by atoms with Crippen LogP contribution in [0.4, 0.5) is 5.69 Å². The highest BCUT2D eigenvalue weighted by Gasteiger charge is 2.19. The minimum atomic E-state index is -0.339. The third kappa shape index (κ3) is 5.61. The van der Waals surface area contributed by atoms with Crippen LogP contribution in [0.5, 0.6) is 0 Å². The smallest absolute Gasteiger partial charge is 0.251 e.